The fraction of sp³-hybridized carbons (Fsp3) is 0.389. The molecule has 0 bridgehead atoms. The molecule has 0 unspecified atom stereocenters. The second kappa shape index (κ2) is 9.19. The van der Waals surface area contributed by atoms with Crippen LogP contribution >= 0.6 is 11.3 Å². The molecule has 1 aliphatic heterocycles. The molecule has 1 amide bonds. The Labute approximate surface area is 157 Å². The third kappa shape index (κ3) is 4.72. The number of thiophene rings is 1. The first-order chi connectivity index (χ1) is 12.8. The van der Waals surface area contributed by atoms with Gasteiger partial charge in [-0.2, -0.15) is 0 Å². The Morgan fingerprint density at radius 1 is 1.19 bits per heavy atom. The van der Waals surface area contributed by atoms with Crippen molar-refractivity contribution in [2.24, 2.45) is 4.99 Å². The summed E-state index contributed by atoms with van der Waals surface area (Å²) in [6.07, 6.45) is 3.22. The van der Waals surface area contributed by atoms with Crippen LogP contribution in [-0.4, -0.2) is 68.1 Å². The van der Waals surface area contributed by atoms with Crippen LogP contribution in [0.1, 0.15) is 10.4 Å². The topological polar surface area (TPSA) is 72.9 Å². The van der Waals surface area contributed by atoms with Gasteiger partial charge >= 0.3 is 0 Å². The summed E-state index contributed by atoms with van der Waals surface area (Å²) >= 11 is 1.78. The summed E-state index contributed by atoms with van der Waals surface area (Å²) in [5, 5.41) is 9.65. The van der Waals surface area contributed by atoms with Crippen molar-refractivity contribution in [3.05, 3.63) is 47.6 Å². The number of nitrogens with one attached hydrogen (secondary N) is 2. The van der Waals surface area contributed by atoms with Crippen LogP contribution in [0.25, 0.3) is 0 Å². The molecule has 2 aromatic heterocycles. The molecule has 2 aromatic rings. The maximum absolute atomic E-state index is 12.0. The number of hydrogen-bond donors (Lipinski definition) is 2. The number of anilines is 1. The average Bonchev–Trinajstić information content (AvgIpc) is 3.24. The smallest absolute Gasteiger partial charge is 0.252 e. The fourth-order valence-electron chi connectivity index (χ4n) is 2.87. The highest BCUT2D eigenvalue weighted by Crippen LogP contribution is 2.22. The van der Waals surface area contributed by atoms with E-state index in [2.05, 4.69) is 47.9 Å². The van der Waals surface area contributed by atoms with Crippen LogP contribution in [0, 0.1) is 0 Å². The SMILES string of the molecule is CN=C(NCCNC(=O)c1cccnc1)N1CCN(c2cccs2)CC1. The Balaban J connectivity index is 1.39. The number of guanidine groups is 1. The van der Waals surface area contributed by atoms with Gasteiger partial charge in [-0.15, -0.1) is 11.3 Å². The predicted molar refractivity (Wildman–Crippen MR) is 106 cm³/mol. The van der Waals surface area contributed by atoms with Gasteiger partial charge in [0.05, 0.1) is 10.6 Å². The lowest BCUT2D eigenvalue weighted by Gasteiger charge is -2.37. The Morgan fingerprint density at radius 3 is 2.65 bits per heavy atom. The summed E-state index contributed by atoms with van der Waals surface area (Å²) in [7, 11) is 1.79. The zero-order valence-electron chi connectivity index (χ0n) is 14.9. The average molecular weight is 372 g/mol. The van der Waals surface area contributed by atoms with Gasteiger partial charge in [0.15, 0.2) is 5.96 Å². The van der Waals surface area contributed by atoms with E-state index in [9.17, 15) is 4.79 Å². The van der Waals surface area contributed by atoms with Crippen LogP contribution in [-0.2, 0) is 0 Å². The van der Waals surface area contributed by atoms with Gasteiger partial charge in [-0.1, -0.05) is 0 Å². The van der Waals surface area contributed by atoms with Gasteiger partial charge in [0.2, 0.25) is 0 Å². The van der Waals surface area contributed by atoms with Crippen molar-refractivity contribution in [3.63, 3.8) is 0 Å². The maximum Gasteiger partial charge on any atom is 0.252 e. The molecule has 26 heavy (non-hydrogen) atoms. The van der Waals surface area contributed by atoms with Crippen molar-refractivity contribution < 1.29 is 4.79 Å². The van der Waals surface area contributed by atoms with Crippen LogP contribution in [0.5, 0.6) is 0 Å². The number of pyridine rings is 1. The number of carbonyl (C=O) groups excluding carboxylic acids is 1. The molecule has 0 aliphatic carbocycles. The van der Waals surface area contributed by atoms with Crippen molar-refractivity contribution in [2.75, 3.05) is 51.2 Å². The van der Waals surface area contributed by atoms with Crippen molar-refractivity contribution in [1.29, 1.82) is 0 Å². The molecule has 0 aromatic carbocycles. The quantitative estimate of drug-likeness (QED) is 0.470. The third-order valence-electron chi connectivity index (χ3n) is 4.23. The zero-order chi connectivity index (χ0) is 18.2. The Bertz CT molecular complexity index is 711. The van der Waals surface area contributed by atoms with Crippen molar-refractivity contribution >= 4 is 28.2 Å². The Kier molecular flexibility index (Phi) is 6.43. The lowest BCUT2D eigenvalue weighted by atomic mass is 10.3. The lowest BCUT2D eigenvalue weighted by molar-refractivity contribution is 0.0954. The van der Waals surface area contributed by atoms with E-state index in [1.807, 2.05) is 0 Å². The number of rotatable bonds is 5. The molecular formula is C18H24N6OS. The summed E-state index contributed by atoms with van der Waals surface area (Å²) in [5.41, 5.74) is 0.571. The highest BCUT2D eigenvalue weighted by Gasteiger charge is 2.20. The largest absolute Gasteiger partial charge is 0.360 e. The summed E-state index contributed by atoms with van der Waals surface area (Å²) < 4.78 is 0. The molecule has 0 spiro atoms. The highest BCUT2D eigenvalue weighted by atomic mass is 32.1. The van der Waals surface area contributed by atoms with Crippen molar-refractivity contribution in [1.82, 2.24) is 20.5 Å². The second-order valence-corrected chi connectivity index (χ2v) is 6.82. The molecular weight excluding hydrogens is 348 g/mol. The zero-order valence-corrected chi connectivity index (χ0v) is 15.7. The predicted octanol–water partition coefficient (Wildman–Crippen LogP) is 1.27. The molecule has 1 aliphatic rings. The van der Waals surface area contributed by atoms with Crippen LogP contribution in [0.4, 0.5) is 5.00 Å². The van der Waals surface area contributed by atoms with Crippen LogP contribution in [0.2, 0.25) is 0 Å². The summed E-state index contributed by atoms with van der Waals surface area (Å²) in [5.74, 6) is 0.769. The summed E-state index contributed by atoms with van der Waals surface area (Å²) in [4.78, 5) is 25.0. The minimum Gasteiger partial charge on any atom is -0.360 e. The molecule has 1 fully saturated rings. The first-order valence-electron chi connectivity index (χ1n) is 8.70. The number of carbonyl (C=O) groups is 1. The number of amides is 1. The van der Waals surface area contributed by atoms with Gasteiger partial charge in [0.1, 0.15) is 0 Å². The van der Waals surface area contributed by atoms with E-state index in [1.54, 1.807) is 42.9 Å². The standard InChI is InChI=1S/C18H24N6OS/c1-19-18(22-8-7-21-17(25)15-4-2-6-20-14-15)24-11-9-23(10-12-24)16-5-3-13-26-16/h2-6,13-14H,7-12H2,1H3,(H,19,22)(H,21,25). The Hall–Kier alpha value is -2.61. The van der Waals surface area contributed by atoms with E-state index < -0.39 is 0 Å². The van der Waals surface area contributed by atoms with E-state index in [1.165, 1.54) is 5.00 Å². The minimum atomic E-state index is -0.112. The molecule has 3 rings (SSSR count). The lowest BCUT2D eigenvalue weighted by Crippen LogP contribution is -2.53. The molecule has 1 saturated heterocycles. The molecule has 0 radical (unpaired) electrons. The normalized spacial score (nSPS) is 15.0. The number of aliphatic imine (C=N–C) groups is 1. The third-order valence-corrected chi connectivity index (χ3v) is 5.16. The second-order valence-electron chi connectivity index (χ2n) is 5.90. The molecule has 138 valence electrons. The number of nitrogens with zero attached hydrogens (tertiary/aromatic N) is 4. The number of hydrogen-bond acceptors (Lipinski definition) is 5. The van der Waals surface area contributed by atoms with Gasteiger partial charge in [-0.3, -0.25) is 14.8 Å². The van der Waals surface area contributed by atoms with Gasteiger partial charge in [0.25, 0.3) is 5.91 Å². The van der Waals surface area contributed by atoms with E-state index >= 15 is 0 Å². The molecule has 0 saturated carbocycles. The van der Waals surface area contributed by atoms with Gasteiger partial charge in [-0.05, 0) is 29.6 Å². The van der Waals surface area contributed by atoms with Crippen LogP contribution in [0.3, 0.4) is 0 Å². The van der Waals surface area contributed by atoms with Crippen LogP contribution in [0.15, 0.2) is 47.0 Å². The van der Waals surface area contributed by atoms with E-state index in [0.717, 1.165) is 32.1 Å². The molecule has 2 N–H and O–H groups in total. The van der Waals surface area contributed by atoms with Gasteiger partial charge < -0.3 is 20.4 Å². The molecule has 0 atom stereocenters. The van der Waals surface area contributed by atoms with Gasteiger partial charge in [-0.25, -0.2) is 0 Å². The van der Waals surface area contributed by atoms with E-state index in [0.29, 0.717) is 18.7 Å². The van der Waals surface area contributed by atoms with E-state index in [4.69, 9.17) is 0 Å². The van der Waals surface area contributed by atoms with Gasteiger partial charge in [0, 0.05) is 58.7 Å². The fourth-order valence-corrected chi connectivity index (χ4v) is 3.66. The molecule has 7 nitrogen and oxygen atoms in total. The summed E-state index contributed by atoms with van der Waals surface area (Å²) in [6, 6.07) is 7.76. The monoisotopic (exact) mass is 372 g/mol. The number of piperazine rings is 1. The van der Waals surface area contributed by atoms with Crippen LogP contribution < -0.4 is 15.5 Å². The van der Waals surface area contributed by atoms with E-state index in [-0.39, 0.29) is 5.91 Å². The molecule has 3 heterocycles. The first kappa shape index (κ1) is 18.2. The first-order valence-corrected chi connectivity index (χ1v) is 9.58. The van der Waals surface area contributed by atoms with Crippen molar-refractivity contribution in [3.8, 4) is 0 Å². The minimum absolute atomic E-state index is 0.112. The Morgan fingerprint density at radius 2 is 2.00 bits per heavy atom. The number of aromatic nitrogens is 1. The maximum atomic E-state index is 12.0. The van der Waals surface area contributed by atoms with Crippen molar-refractivity contribution in [2.45, 2.75) is 0 Å². The highest BCUT2D eigenvalue weighted by molar-refractivity contribution is 7.14. The summed E-state index contributed by atoms with van der Waals surface area (Å²) in [6.45, 7) is 4.99. The molecule has 8 heteroatoms.